The molecule has 0 heterocycles. The standard InChI is InChI=1S/C19H20F6N2O4S/c1-10-5-13(3-4-16(10)28)17(29)11(2)27(32(26,30)31)9-12-6-14(18(20,21)22)8-15(7-12)19(23,24)25/h3-8,11,17,28-29H,9H2,1-2H3,(H2,26,30,31)/t11-,17-/m0/s1. The lowest BCUT2D eigenvalue weighted by atomic mass is 10.00. The van der Waals surface area contributed by atoms with Crippen molar-refractivity contribution in [2.75, 3.05) is 0 Å². The molecule has 0 aliphatic heterocycles. The number of aliphatic hydroxyl groups excluding tert-OH is 1. The lowest BCUT2D eigenvalue weighted by Crippen LogP contribution is -2.45. The van der Waals surface area contributed by atoms with Crippen molar-refractivity contribution in [2.45, 2.75) is 44.9 Å². The van der Waals surface area contributed by atoms with Crippen molar-refractivity contribution < 1.29 is 45.0 Å². The third-order valence-corrected chi connectivity index (χ3v) is 5.90. The van der Waals surface area contributed by atoms with E-state index in [1.54, 1.807) is 0 Å². The van der Waals surface area contributed by atoms with Gasteiger partial charge in [-0.3, -0.25) is 0 Å². The molecule has 0 aliphatic rings. The molecule has 0 fully saturated rings. The van der Waals surface area contributed by atoms with E-state index >= 15 is 0 Å². The van der Waals surface area contributed by atoms with E-state index in [4.69, 9.17) is 5.14 Å². The molecule has 2 atom stereocenters. The molecule has 178 valence electrons. The van der Waals surface area contributed by atoms with E-state index in [1.165, 1.54) is 32.0 Å². The highest BCUT2D eigenvalue weighted by Gasteiger charge is 2.38. The molecule has 2 rings (SSSR count). The van der Waals surface area contributed by atoms with Crippen LogP contribution >= 0.6 is 0 Å². The zero-order valence-corrected chi connectivity index (χ0v) is 17.6. The summed E-state index contributed by atoms with van der Waals surface area (Å²) in [5, 5.41) is 25.3. The Bertz CT molecular complexity index is 1050. The lowest BCUT2D eigenvalue weighted by Gasteiger charge is -2.30. The fourth-order valence-corrected chi connectivity index (χ4v) is 3.96. The lowest BCUT2D eigenvalue weighted by molar-refractivity contribution is -0.143. The number of aryl methyl sites for hydroxylation is 1. The summed E-state index contributed by atoms with van der Waals surface area (Å²) in [4.78, 5) is 0. The van der Waals surface area contributed by atoms with Gasteiger partial charge in [-0.15, -0.1) is 0 Å². The second-order valence-electron chi connectivity index (χ2n) is 7.24. The molecule has 2 aromatic carbocycles. The van der Waals surface area contributed by atoms with Gasteiger partial charge in [0, 0.05) is 6.54 Å². The maximum atomic E-state index is 13.1. The van der Waals surface area contributed by atoms with Crippen LogP contribution in [0.2, 0.25) is 0 Å². The Morgan fingerprint density at radius 3 is 1.91 bits per heavy atom. The first-order valence-electron chi connectivity index (χ1n) is 8.96. The van der Waals surface area contributed by atoms with Gasteiger partial charge in [-0.2, -0.15) is 39.1 Å². The fraction of sp³-hybridized carbons (Fsp3) is 0.368. The van der Waals surface area contributed by atoms with Crippen LogP contribution in [-0.2, 0) is 29.1 Å². The summed E-state index contributed by atoms with van der Waals surface area (Å²) in [5.41, 5.74) is -3.34. The van der Waals surface area contributed by atoms with Crippen molar-refractivity contribution in [3.8, 4) is 5.75 Å². The van der Waals surface area contributed by atoms with Crippen molar-refractivity contribution in [1.82, 2.24) is 4.31 Å². The minimum Gasteiger partial charge on any atom is -0.508 e. The van der Waals surface area contributed by atoms with Gasteiger partial charge in [-0.25, -0.2) is 5.14 Å². The minimum absolute atomic E-state index is 0.0811. The first-order chi connectivity index (χ1) is 14.4. The zero-order chi connectivity index (χ0) is 24.6. The number of aromatic hydroxyl groups is 1. The summed E-state index contributed by atoms with van der Waals surface area (Å²) in [6.07, 6.45) is -11.8. The minimum atomic E-state index is -5.11. The Hall–Kier alpha value is -2.35. The van der Waals surface area contributed by atoms with Crippen LogP contribution in [0, 0.1) is 6.92 Å². The Morgan fingerprint density at radius 1 is 1.00 bits per heavy atom. The Labute approximate surface area is 180 Å². The summed E-state index contributed by atoms with van der Waals surface area (Å²) in [7, 11) is -4.67. The normalized spacial score (nSPS) is 15.1. The Kier molecular flexibility index (Phi) is 7.19. The topological polar surface area (TPSA) is 104 Å². The smallest absolute Gasteiger partial charge is 0.416 e. The summed E-state index contributed by atoms with van der Waals surface area (Å²) in [6.45, 7) is 1.74. The van der Waals surface area contributed by atoms with Crippen LogP contribution in [-0.4, -0.2) is 29.0 Å². The van der Waals surface area contributed by atoms with E-state index in [0.29, 0.717) is 22.0 Å². The van der Waals surface area contributed by atoms with Gasteiger partial charge in [0.25, 0.3) is 10.2 Å². The number of benzene rings is 2. The quantitative estimate of drug-likeness (QED) is 0.540. The fourth-order valence-electron chi connectivity index (χ4n) is 3.05. The van der Waals surface area contributed by atoms with Crippen LogP contribution in [0.5, 0.6) is 5.75 Å². The van der Waals surface area contributed by atoms with Gasteiger partial charge in [0.1, 0.15) is 5.75 Å². The molecule has 32 heavy (non-hydrogen) atoms. The van der Waals surface area contributed by atoms with Gasteiger partial charge in [-0.05, 0) is 60.9 Å². The summed E-state index contributed by atoms with van der Waals surface area (Å²) in [5.74, 6) is -0.0967. The molecule has 6 nitrogen and oxygen atoms in total. The van der Waals surface area contributed by atoms with E-state index in [0.717, 1.165) is 0 Å². The molecule has 0 radical (unpaired) electrons. The van der Waals surface area contributed by atoms with Gasteiger partial charge >= 0.3 is 12.4 Å². The third-order valence-electron chi connectivity index (χ3n) is 4.79. The van der Waals surface area contributed by atoms with Crippen LogP contribution in [0.3, 0.4) is 0 Å². The number of phenols is 1. The summed E-state index contributed by atoms with van der Waals surface area (Å²) in [6, 6.07) is 3.19. The highest BCUT2D eigenvalue weighted by Crippen LogP contribution is 2.37. The Morgan fingerprint density at radius 2 is 1.50 bits per heavy atom. The van der Waals surface area contributed by atoms with E-state index in [2.05, 4.69) is 0 Å². The molecule has 13 heteroatoms. The number of rotatable bonds is 6. The van der Waals surface area contributed by atoms with Crippen molar-refractivity contribution in [3.05, 3.63) is 64.2 Å². The molecule has 0 amide bonds. The number of nitrogens with zero attached hydrogens (tertiary/aromatic N) is 1. The van der Waals surface area contributed by atoms with Crippen LogP contribution in [0.15, 0.2) is 36.4 Å². The molecule has 2 aromatic rings. The number of hydrogen-bond donors (Lipinski definition) is 3. The van der Waals surface area contributed by atoms with Crippen molar-refractivity contribution in [3.63, 3.8) is 0 Å². The van der Waals surface area contributed by atoms with Gasteiger partial charge in [0.2, 0.25) is 0 Å². The summed E-state index contributed by atoms with van der Waals surface area (Å²) < 4.78 is 103. The summed E-state index contributed by atoms with van der Waals surface area (Å²) >= 11 is 0. The monoisotopic (exact) mass is 486 g/mol. The first kappa shape index (κ1) is 25.9. The first-order valence-corrected chi connectivity index (χ1v) is 10.5. The highest BCUT2D eigenvalue weighted by atomic mass is 32.2. The second kappa shape index (κ2) is 8.89. The van der Waals surface area contributed by atoms with E-state index in [-0.39, 0.29) is 17.4 Å². The van der Waals surface area contributed by atoms with Crippen LogP contribution in [0.4, 0.5) is 26.3 Å². The number of alkyl halides is 6. The average molecular weight is 486 g/mol. The molecule has 0 unspecified atom stereocenters. The number of nitrogens with two attached hydrogens (primary N) is 1. The number of phenolic OH excluding ortho intramolecular Hbond substituents is 1. The number of hydrogen-bond acceptors (Lipinski definition) is 4. The van der Waals surface area contributed by atoms with Gasteiger partial charge in [0.05, 0.1) is 23.3 Å². The molecular formula is C19H20F6N2O4S. The van der Waals surface area contributed by atoms with Gasteiger partial charge in [0.15, 0.2) is 0 Å². The highest BCUT2D eigenvalue weighted by molar-refractivity contribution is 7.86. The molecule has 0 saturated carbocycles. The largest absolute Gasteiger partial charge is 0.508 e. The SMILES string of the molecule is Cc1cc([C@@H](O)[C@H](C)N(Cc2cc(C(F)(F)F)cc(C(F)(F)F)c2)S(N)(=O)=O)ccc1O. The molecule has 0 aliphatic carbocycles. The molecule has 0 spiro atoms. The molecule has 4 N–H and O–H groups in total. The van der Waals surface area contributed by atoms with Gasteiger partial charge in [-0.1, -0.05) is 6.07 Å². The van der Waals surface area contributed by atoms with Crippen molar-refractivity contribution in [1.29, 1.82) is 0 Å². The zero-order valence-electron chi connectivity index (χ0n) is 16.7. The maximum Gasteiger partial charge on any atom is 0.416 e. The van der Waals surface area contributed by atoms with Crippen molar-refractivity contribution >= 4 is 10.2 Å². The third kappa shape index (κ3) is 6.12. The Balaban J connectivity index is 2.50. The predicted octanol–water partition coefficient (Wildman–Crippen LogP) is 3.87. The van der Waals surface area contributed by atoms with E-state index in [1.807, 2.05) is 0 Å². The van der Waals surface area contributed by atoms with Crippen LogP contribution in [0.1, 0.15) is 40.8 Å². The van der Waals surface area contributed by atoms with Crippen LogP contribution in [0.25, 0.3) is 0 Å². The predicted molar refractivity (Wildman–Crippen MR) is 102 cm³/mol. The average Bonchev–Trinajstić information content (AvgIpc) is 2.64. The molecule has 0 bridgehead atoms. The van der Waals surface area contributed by atoms with E-state index in [9.17, 15) is 45.0 Å². The number of aliphatic hydroxyl groups is 1. The molecular weight excluding hydrogens is 466 g/mol. The second-order valence-corrected chi connectivity index (χ2v) is 8.73. The van der Waals surface area contributed by atoms with Crippen molar-refractivity contribution in [2.24, 2.45) is 5.14 Å². The maximum absolute atomic E-state index is 13.1. The number of halogens is 6. The van der Waals surface area contributed by atoms with Gasteiger partial charge < -0.3 is 10.2 Å². The molecule has 0 saturated heterocycles. The van der Waals surface area contributed by atoms with E-state index < -0.39 is 57.9 Å². The molecule has 0 aromatic heterocycles. The van der Waals surface area contributed by atoms with Crippen LogP contribution < -0.4 is 5.14 Å².